The van der Waals surface area contributed by atoms with E-state index in [9.17, 15) is 9.59 Å². The first-order valence-corrected chi connectivity index (χ1v) is 3.62. The fraction of sp³-hybridized carbons (Fsp3) is 0.111. The minimum Gasteiger partial charge on any atom is -0.465 e. The molecule has 0 amide bonds. The van der Waals surface area contributed by atoms with E-state index in [1.807, 2.05) is 0 Å². The Kier molecular flexibility index (Phi) is 2.64. The summed E-state index contributed by atoms with van der Waals surface area (Å²) in [7, 11) is 1.24. The van der Waals surface area contributed by atoms with E-state index in [-0.39, 0.29) is 16.8 Å². The fourth-order valence-electron chi connectivity index (χ4n) is 1.02. The molecular formula is C9H9NO3. The lowest BCUT2D eigenvalue weighted by Crippen LogP contribution is -2.08. The summed E-state index contributed by atoms with van der Waals surface area (Å²) >= 11 is 0. The normalized spacial score (nSPS) is 9.31. The van der Waals surface area contributed by atoms with Crippen molar-refractivity contribution in [1.29, 1.82) is 0 Å². The first kappa shape index (κ1) is 9.25. The van der Waals surface area contributed by atoms with E-state index in [0.717, 1.165) is 0 Å². The highest BCUT2D eigenvalue weighted by Crippen LogP contribution is 2.16. The summed E-state index contributed by atoms with van der Waals surface area (Å²) < 4.78 is 4.48. The van der Waals surface area contributed by atoms with Gasteiger partial charge in [0.1, 0.15) is 0 Å². The van der Waals surface area contributed by atoms with E-state index in [2.05, 4.69) is 4.74 Å². The quantitative estimate of drug-likeness (QED) is 0.415. The third kappa shape index (κ3) is 1.66. The SMILES string of the molecule is COC(=O)c1c(N)cccc1C=O. The van der Waals surface area contributed by atoms with Gasteiger partial charge in [0.25, 0.3) is 0 Å². The van der Waals surface area contributed by atoms with Crippen LogP contribution in [0.5, 0.6) is 0 Å². The molecule has 0 saturated heterocycles. The van der Waals surface area contributed by atoms with Crippen LogP contribution in [0.2, 0.25) is 0 Å². The Morgan fingerprint density at radius 2 is 2.23 bits per heavy atom. The number of hydrogen-bond acceptors (Lipinski definition) is 4. The van der Waals surface area contributed by atoms with Gasteiger partial charge < -0.3 is 10.5 Å². The third-order valence-electron chi connectivity index (χ3n) is 1.65. The zero-order valence-corrected chi connectivity index (χ0v) is 7.11. The number of rotatable bonds is 2. The number of anilines is 1. The average Bonchev–Trinajstić information content (AvgIpc) is 2.16. The molecule has 0 radical (unpaired) electrons. The Balaban J connectivity index is 3.30. The van der Waals surface area contributed by atoms with Gasteiger partial charge >= 0.3 is 5.97 Å². The lowest BCUT2D eigenvalue weighted by molar-refractivity contribution is 0.0599. The molecule has 0 saturated carbocycles. The number of nitrogen functional groups attached to an aromatic ring is 1. The summed E-state index contributed by atoms with van der Waals surface area (Å²) in [6.07, 6.45) is 0.572. The topological polar surface area (TPSA) is 69.4 Å². The Morgan fingerprint density at radius 3 is 2.77 bits per heavy atom. The minimum absolute atomic E-state index is 0.125. The zero-order chi connectivity index (χ0) is 9.84. The standard InChI is InChI=1S/C9H9NO3/c1-13-9(12)8-6(5-11)3-2-4-7(8)10/h2-5H,10H2,1H3. The van der Waals surface area contributed by atoms with Gasteiger partial charge in [0.05, 0.1) is 12.7 Å². The van der Waals surface area contributed by atoms with Crippen molar-refractivity contribution >= 4 is 17.9 Å². The molecular weight excluding hydrogens is 170 g/mol. The van der Waals surface area contributed by atoms with E-state index in [4.69, 9.17) is 5.73 Å². The Bertz CT molecular complexity index is 347. The molecule has 0 aliphatic heterocycles. The number of benzene rings is 1. The molecule has 4 nitrogen and oxygen atoms in total. The lowest BCUT2D eigenvalue weighted by Gasteiger charge is -2.04. The predicted molar refractivity (Wildman–Crippen MR) is 47.6 cm³/mol. The summed E-state index contributed by atoms with van der Waals surface area (Å²) in [6.45, 7) is 0. The van der Waals surface area contributed by atoms with E-state index in [1.54, 1.807) is 12.1 Å². The second-order valence-corrected chi connectivity index (χ2v) is 2.42. The Hall–Kier alpha value is -1.84. The van der Waals surface area contributed by atoms with Crippen LogP contribution in [-0.2, 0) is 4.74 Å². The molecule has 0 heterocycles. The number of esters is 1. The van der Waals surface area contributed by atoms with Gasteiger partial charge in [0, 0.05) is 11.3 Å². The molecule has 0 bridgehead atoms. The molecule has 4 heteroatoms. The Labute approximate surface area is 75.3 Å². The van der Waals surface area contributed by atoms with Crippen LogP contribution >= 0.6 is 0 Å². The third-order valence-corrected chi connectivity index (χ3v) is 1.65. The van der Waals surface area contributed by atoms with Crippen LogP contribution in [0.25, 0.3) is 0 Å². The van der Waals surface area contributed by atoms with E-state index in [1.165, 1.54) is 13.2 Å². The molecule has 13 heavy (non-hydrogen) atoms. The van der Waals surface area contributed by atoms with Gasteiger partial charge in [0.15, 0.2) is 6.29 Å². The van der Waals surface area contributed by atoms with Crippen LogP contribution < -0.4 is 5.73 Å². The van der Waals surface area contributed by atoms with Gasteiger partial charge in [-0.3, -0.25) is 4.79 Å². The number of nitrogens with two attached hydrogens (primary N) is 1. The molecule has 0 aliphatic carbocycles. The smallest absolute Gasteiger partial charge is 0.340 e. The zero-order valence-electron chi connectivity index (χ0n) is 7.11. The molecule has 1 rings (SSSR count). The van der Waals surface area contributed by atoms with E-state index in [0.29, 0.717) is 6.29 Å². The van der Waals surface area contributed by atoms with Gasteiger partial charge in [-0.2, -0.15) is 0 Å². The molecule has 1 aromatic carbocycles. The van der Waals surface area contributed by atoms with E-state index < -0.39 is 5.97 Å². The van der Waals surface area contributed by atoms with Crippen molar-refractivity contribution in [3.8, 4) is 0 Å². The maximum absolute atomic E-state index is 11.2. The number of carbonyl (C=O) groups excluding carboxylic acids is 2. The first-order chi connectivity index (χ1) is 6.20. The minimum atomic E-state index is -0.597. The number of methoxy groups -OCH3 is 1. The average molecular weight is 179 g/mol. The van der Waals surface area contributed by atoms with Crippen LogP contribution in [0.15, 0.2) is 18.2 Å². The van der Waals surface area contributed by atoms with Crippen molar-refractivity contribution in [3.63, 3.8) is 0 Å². The van der Waals surface area contributed by atoms with Gasteiger partial charge in [-0.25, -0.2) is 4.79 Å². The van der Waals surface area contributed by atoms with Crippen molar-refractivity contribution in [2.75, 3.05) is 12.8 Å². The molecule has 0 aromatic heterocycles. The fourth-order valence-corrected chi connectivity index (χ4v) is 1.02. The molecule has 68 valence electrons. The highest BCUT2D eigenvalue weighted by molar-refractivity contribution is 6.02. The summed E-state index contributed by atoms with van der Waals surface area (Å²) in [5.74, 6) is -0.597. The van der Waals surface area contributed by atoms with Crippen molar-refractivity contribution in [2.45, 2.75) is 0 Å². The number of aldehydes is 1. The molecule has 0 atom stereocenters. The van der Waals surface area contributed by atoms with Gasteiger partial charge in [-0.15, -0.1) is 0 Å². The van der Waals surface area contributed by atoms with Crippen LogP contribution in [0.3, 0.4) is 0 Å². The van der Waals surface area contributed by atoms with Crippen molar-refractivity contribution in [1.82, 2.24) is 0 Å². The maximum atomic E-state index is 11.2. The molecule has 0 fully saturated rings. The summed E-state index contributed by atoms with van der Waals surface area (Å²) in [5.41, 5.74) is 6.13. The summed E-state index contributed by atoms with van der Waals surface area (Å²) in [6, 6.07) is 4.65. The van der Waals surface area contributed by atoms with Gasteiger partial charge in [-0.1, -0.05) is 12.1 Å². The second kappa shape index (κ2) is 3.71. The van der Waals surface area contributed by atoms with Crippen LogP contribution in [-0.4, -0.2) is 19.4 Å². The Morgan fingerprint density at radius 1 is 1.54 bits per heavy atom. The van der Waals surface area contributed by atoms with Crippen molar-refractivity contribution in [3.05, 3.63) is 29.3 Å². The molecule has 0 unspecified atom stereocenters. The van der Waals surface area contributed by atoms with E-state index >= 15 is 0 Å². The van der Waals surface area contributed by atoms with Gasteiger partial charge in [-0.05, 0) is 6.07 Å². The highest BCUT2D eigenvalue weighted by Gasteiger charge is 2.14. The lowest BCUT2D eigenvalue weighted by atomic mass is 10.1. The molecule has 0 aliphatic rings. The highest BCUT2D eigenvalue weighted by atomic mass is 16.5. The number of hydrogen-bond donors (Lipinski definition) is 1. The maximum Gasteiger partial charge on any atom is 0.340 e. The molecule has 0 spiro atoms. The summed E-state index contributed by atoms with van der Waals surface area (Å²) in [4.78, 5) is 21.7. The van der Waals surface area contributed by atoms with Crippen LogP contribution in [0.1, 0.15) is 20.7 Å². The largest absolute Gasteiger partial charge is 0.465 e. The van der Waals surface area contributed by atoms with Crippen LogP contribution in [0.4, 0.5) is 5.69 Å². The molecule has 1 aromatic rings. The van der Waals surface area contributed by atoms with Crippen molar-refractivity contribution < 1.29 is 14.3 Å². The first-order valence-electron chi connectivity index (χ1n) is 3.62. The van der Waals surface area contributed by atoms with Gasteiger partial charge in [0.2, 0.25) is 0 Å². The number of ether oxygens (including phenoxy) is 1. The second-order valence-electron chi connectivity index (χ2n) is 2.42. The van der Waals surface area contributed by atoms with Crippen molar-refractivity contribution in [2.24, 2.45) is 0 Å². The van der Waals surface area contributed by atoms with Crippen LogP contribution in [0, 0.1) is 0 Å². The number of carbonyl (C=O) groups is 2. The summed E-state index contributed by atoms with van der Waals surface area (Å²) in [5, 5.41) is 0. The monoisotopic (exact) mass is 179 g/mol. The molecule has 2 N–H and O–H groups in total. The predicted octanol–water partition coefficient (Wildman–Crippen LogP) is 0.868.